The fourth-order valence-electron chi connectivity index (χ4n) is 4.90. The van der Waals surface area contributed by atoms with Crippen LogP contribution >= 0.6 is 11.3 Å². The average molecular weight is 444 g/mol. The van der Waals surface area contributed by atoms with Crippen LogP contribution < -0.4 is 9.47 Å². The van der Waals surface area contributed by atoms with Crippen molar-refractivity contribution in [3.05, 3.63) is 87.8 Å². The molecular weight excluding hydrogens is 416 g/mol. The highest BCUT2D eigenvalue weighted by Crippen LogP contribution is 2.48. The number of thiazole rings is 1. The van der Waals surface area contributed by atoms with E-state index in [1.54, 1.807) is 11.3 Å². The standard InChI is InChI=1S/C27H26N2O2S/c1-5-28-20-12-8-7-11-19(20)27(3,4)23(28)15-17-25(30)18(26(17)31)16-24-29(6-2)21-13-9-10-14-22(21)32-24/h7-16H,5-6H2,1-4H3/p+1. The van der Waals surface area contributed by atoms with Gasteiger partial charge in [0.15, 0.2) is 0 Å². The minimum absolute atomic E-state index is 0.0884. The molecule has 4 nitrogen and oxygen atoms in total. The van der Waals surface area contributed by atoms with Gasteiger partial charge in [0.2, 0.25) is 11.3 Å². The lowest BCUT2D eigenvalue weighted by Crippen LogP contribution is -2.34. The Hall–Kier alpha value is -3.18. The Morgan fingerprint density at radius 2 is 1.78 bits per heavy atom. The molecule has 0 amide bonds. The van der Waals surface area contributed by atoms with E-state index in [0.29, 0.717) is 11.1 Å². The largest absolute Gasteiger partial charge is 0.506 e. The van der Waals surface area contributed by atoms with Crippen molar-refractivity contribution in [1.29, 1.82) is 0 Å². The number of anilines is 1. The fourth-order valence-corrected chi connectivity index (χ4v) is 6.07. The Balaban J connectivity index is 1.57. The number of allylic oxidation sites excluding steroid dienone is 4. The number of ketones is 1. The molecule has 2 aromatic carbocycles. The first-order valence-electron chi connectivity index (χ1n) is 11.1. The summed E-state index contributed by atoms with van der Waals surface area (Å²) in [7, 11) is 0. The Kier molecular flexibility index (Phi) is 4.82. The number of para-hydroxylation sites is 2. The number of Topliss-reactive ketones (excluding diaryl/α,β-unsaturated/α-hetero) is 1. The Labute approximate surface area is 192 Å². The molecule has 1 aliphatic heterocycles. The van der Waals surface area contributed by atoms with E-state index in [0.717, 1.165) is 29.3 Å². The molecule has 0 radical (unpaired) electrons. The molecule has 3 aromatic rings. The van der Waals surface area contributed by atoms with Gasteiger partial charge < -0.3 is 10.0 Å². The van der Waals surface area contributed by atoms with Crippen molar-refractivity contribution in [2.45, 2.75) is 39.7 Å². The number of aryl methyl sites for hydroxylation is 1. The summed E-state index contributed by atoms with van der Waals surface area (Å²) < 4.78 is 3.35. The maximum atomic E-state index is 13.1. The van der Waals surface area contributed by atoms with E-state index in [2.05, 4.69) is 67.5 Å². The van der Waals surface area contributed by atoms with Crippen LogP contribution in [0, 0.1) is 0 Å². The quantitative estimate of drug-likeness (QED) is 0.416. The molecule has 0 spiro atoms. The molecule has 5 heteroatoms. The number of benzene rings is 2. The maximum Gasteiger partial charge on any atom is 0.263 e. The van der Waals surface area contributed by atoms with Gasteiger partial charge in [0.1, 0.15) is 17.0 Å². The molecule has 32 heavy (non-hydrogen) atoms. The lowest BCUT2D eigenvalue weighted by atomic mass is 9.80. The highest BCUT2D eigenvalue weighted by molar-refractivity contribution is 7.18. The SMILES string of the molecule is CCN1/C(=C/C2=C(O)C(=C/c3sc4ccccc4[n+]3CC)/C2=O)C(C)(C)c2ccccc21. The summed E-state index contributed by atoms with van der Waals surface area (Å²) in [6, 6.07) is 16.6. The number of aromatic nitrogens is 1. The van der Waals surface area contributed by atoms with Crippen LogP contribution in [0.4, 0.5) is 5.69 Å². The van der Waals surface area contributed by atoms with E-state index in [1.165, 1.54) is 16.0 Å². The van der Waals surface area contributed by atoms with Gasteiger partial charge in [-0.3, -0.25) is 4.79 Å². The van der Waals surface area contributed by atoms with E-state index in [1.807, 2.05) is 30.4 Å². The number of carbonyl (C=O) groups is 1. The monoisotopic (exact) mass is 443 g/mol. The Morgan fingerprint density at radius 1 is 1.06 bits per heavy atom. The van der Waals surface area contributed by atoms with E-state index in [9.17, 15) is 9.90 Å². The van der Waals surface area contributed by atoms with E-state index >= 15 is 0 Å². The summed E-state index contributed by atoms with van der Waals surface area (Å²) in [5.74, 6) is -0.0108. The highest BCUT2D eigenvalue weighted by atomic mass is 32.1. The van der Waals surface area contributed by atoms with E-state index < -0.39 is 0 Å². The molecule has 0 bridgehead atoms. The van der Waals surface area contributed by atoms with Gasteiger partial charge in [-0.2, -0.15) is 4.57 Å². The van der Waals surface area contributed by atoms with Gasteiger partial charge in [0.25, 0.3) is 5.01 Å². The third-order valence-electron chi connectivity index (χ3n) is 6.62. The number of rotatable bonds is 4. The van der Waals surface area contributed by atoms with Gasteiger partial charge in [0, 0.05) is 35.5 Å². The fraction of sp³-hybridized carbons (Fsp3) is 0.259. The second-order valence-corrected chi connectivity index (χ2v) is 9.78. The summed E-state index contributed by atoms with van der Waals surface area (Å²) in [6.45, 7) is 10.2. The van der Waals surface area contributed by atoms with Gasteiger partial charge >= 0.3 is 0 Å². The van der Waals surface area contributed by atoms with Gasteiger partial charge in [-0.05, 0) is 37.6 Å². The number of aliphatic hydroxyl groups excluding tert-OH is 1. The van der Waals surface area contributed by atoms with Crippen molar-refractivity contribution in [3.8, 4) is 0 Å². The first-order chi connectivity index (χ1) is 15.4. The van der Waals surface area contributed by atoms with Crippen molar-refractivity contribution >= 4 is 39.1 Å². The Morgan fingerprint density at radius 3 is 2.50 bits per heavy atom. The van der Waals surface area contributed by atoms with Crippen LogP contribution in [-0.2, 0) is 16.8 Å². The van der Waals surface area contributed by atoms with Gasteiger partial charge in [-0.15, -0.1) is 0 Å². The molecule has 1 aliphatic carbocycles. The van der Waals surface area contributed by atoms with E-state index in [4.69, 9.17) is 0 Å². The number of nitrogens with zero attached hydrogens (tertiary/aromatic N) is 2. The smallest absolute Gasteiger partial charge is 0.263 e. The second kappa shape index (κ2) is 7.45. The molecule has 0 saturated carbocycles. The van der Waals surface area contributed by atoms with Crippen LogP contribution in [0.5, 0.6) is 0 Å². The van der Waals surface area contributed by atoms with Gasteiger partial charge in [-0.1, -0.05) is 55.5 Å². The summed E-state index contributed by atoms with van der Waals surface area (Å²) >= 11 is 1.64. The number of aliphatic hydroxyl groups is 1. The third kappa shape index (κ3) is 2.88. The first kappa shape index (κ1) is 20.7. The molecule has 162 valence electrons. The molecule has 5 rings (SSSR count). The van der Waals surface area contributed by atoms with Crippen LogP contribution in [0.2, 0.25) is 0 Å². The first-order valence-corrected chi connectivity index (χ1v) is 11.9. The molecule has 2 aliphatic rings. The van der Waals surface area contributed by atoms with Crippen molar-refractivity contribution in [1.82, 2.24) is 0 Å². The zero-order valence-corrected chi connectivity index (χ0v) is 19.7. The summed E-state index contributed by atoms with van der Waals surface area (Å²) in [4.78, 5) is 15.3. The second-order valence-electron chi connectivity index (χ2n) is 8.72. The van der Waals surface area contributed by atoms with Crippen LogP contribution in [0.3, 0.4) is 0 Å². The van der Waals surface area contributed by atoms with Crippen LogP contribution in [0.15, 0.2) is 77.2 Å². The molecule has 0 saturated heterocycles. The zero-order valence-electron chi connectivity index (χ0n) is 18.8. The van der Waals surface area contributed by atoms with Crippen molar-refractivity contribution in [3.63, 3.8) is 0 Å². The van der Waals surface area contributed by atoms with Crippen molar-refractivity contribution in [2.75, 3.05) is 11.4 Å². The van der Waals surface area contributed by atoms with Gasteiger partial charge in [0.05, 0.1) is 11.1 Å². The average Bonchev–Trinajstić information content (AvgIpc) is 3.27. The number of hydrogen-bond donors (Lipinski definition) is 1. The molecule has 0 unspecified atom stereocenters. The van der Waals surface area contributed by atoms with Gasteiger partial charge in [-0.25, -0.2) is 0 Å². The predicted molar refractivity (Wildman–Crippen MR) is 131 cm³/mol. The van der Waals surface area contributed by atoms with Crippen LogP contribution in [-0.4, -0.2) is 17.4 Å². The molecule has 0 atom stereocenters. The summed E-state index contributed by atoms with van der Waals surface area (Å²) in [5, 5.41) is 11.8. The number of carbonyl (C=O) groups excluding carboxylic acids is 1. The molecular formula is C27H27N2O2S+. The minimum Gasteiger partial charge on any atom is -0.506 e. The third-order valence-corrected chi connectivity index (χ3v) is 7.73. The highest BCUT2D eigenvalue weighted by Gasteiger charge is 2.42. The molecule has 1 N–H and O–H groups in total. The molecule has 2 heterocycles. The normalized spacial score (nSPS) is 19.9. The topological polar surface area (TPSA) is 44.4 Å². The summed E-state index contributed by atoms with van der Waals surface area (Å²) in [6.07, 6.45) is 3.72. The maximum absolute atomic E-state index is 13.1. The van der Waals surface area contributed by atoms with Crippen LogP contribution in [0.1, 0.15) is 38.3 Å². The minimum atomic E-state index is -0.240. The zero-order chi connectivity index (χ0) is 22.6. The predicted octanol–water partition coefficient (Wildman–Crippen LogP) is 5.69. The number of fused-ring (bicyclic) bond motifs is 2. The van der Waals surface area contributed by atoms with E-state index in [-0.39, 0.29) is 17.0 Å². The number of likely N-dealkylation sites (N-methyl/N-ethyl adjacent to an activating group) is 1. The van der Waals surface area contributed by atoms with Crippen molar-refractivity contribution in [2.24, 2.45) is 0 Å². The van der Waals surface area contributed by atoms with Crippen molar-refractivity contribution < 1.29 is 14.5 Å². The molecule has 0 fully saturated rings. The molecule has 1 aromatic heterocycles. The lowest BCUT2D eigenvalue weighted by Gasteiger charge is -2.28. The lowest BCUT2D eigenvalue weighted by molar-refractivity contribution is -0.665. The summed E-state index contributed by atoms with van der Waals surface area (Å²) in [5.41, 5.74) is 5.15. The number of hydrogen-bond acceptors (Lipinski definition) is 4. The van der Waals surface area contributed by atoms with Crippen LogP contribution in [0.25, 0.3) is 16.3 Å². The Bertz CT molecular complexity index is 1360.